The first-order valence-corrected chi connectivity index (χ1v) is 23.6. The van der Waals surface area contributed by atoms with Gasteiger partial charge in [0.2, 0.25) is 0 Å². The van der Waals surface area contributed by atoms with Crippen molar-refractivity contribution in [3.05, 3.63) is 106 Å². The van der Waals surface area contributed by atoms with Crippen LogP contribution in [-0.4, -0.2) is 60.4 Å². The SMILES string of the molecule is CC(C)(C)C1Cc2cc(CC(=O)C3(c4ccc5c(c4)OC(F)(F)O5)CC3)ccc2N1CCC#N.CC(C)(C)C1Cc2cc(CC(=O)C3(c4ccc5c(c4)OC(F)(F)O5)CC3)ccc2N1CCC(=O)O. The highest BCUT2D eigenvalue weighted by molar-refractivity contribution is 5.95. The first kappa shape index (κ1) is 47.8. The summed E-state index contributed by atoms with van der Waals surface area (Å²) in [6.07, 6.45) is -1.88. The van der Waals surface area contributed by atoms with Crippen LogP contribution in [0, 0.1) is 22.2 Å². The average Bonchev–Trinajstić information content (AvgIpc) is 4.12. The van der Waals surface area contributed by atoms with Crippen LogP contribution < -0.4 is 28.7 Å². The predicted octanol–water partition coefficient (Wildman–Crippen LogP) is 10.6. The predicted molar refractivity (Wildman–Crippen MR) is 248 cm³/mol. The highest BCUT2D eigenvalue weighted by Gasteiger charge is 2.54. The van der Waals surface area contributed by atoms with Gasteiger partial charge in [-0.05, 0) is 119 Å². The molecule has 0 spiro atoms. The van der Waals surface area contributed by atoms with E-state index in [1.807, 2.05) is 18.2 Å². The zero-order chi connectivity index (χ0) is 49.5. The van der Waals surface area contributed by atoms with Gasteiger partial charge in [0, 0.05) is 49.4 Å². The monoisotopic (exact) mass is 951 g/mol. The topological polar surface area (TPSA) is 139 Å². The van der Waals surface area contributed by atoms with Crippen molar-refractivity contribution in [3.8, 4) is 29.1 Å². The highest BCUT2D eigenvalue weighted by Crippen LogP contribution is 2.54. The zero-order valence-corrected chi connectivity index (χ0v) is 39.7. The lowest BCUT2D eigenvalue weighted by Crippen LogP contribution is -2.42. The number of anilines is 2. The number of carbonyl (C=O) groups is 3. The van der Waals surface area contributed by atoms with Gasteiger partial charge in [0.15, 0.2) is 23.0 Å². The summed E-state index contributed by atoms with van der Waals surface area (Å²) >= 11 is 0. The smallest absolute Gasteiger partial charge is 0.481 e. The van der Waals surface area contributed by atoms with Crippen molar-refractivity contribution in [3.63, 3.8) is 0 Å². The number of nitriles is 1. The lowest BCUT2D eigenvalue weighted by Gasteiger charge is -2.36. The van der Waals surface area contributed by atoms with Crippen molar-refractivity contribution in [2.45, 2.75) is 141 Å². The molecule has 69 heavy (non-hydrogen) atoms. The molecule has 2 unspecified atom stereocenters. The molecule has 0 bridgehead atoms. The van der Waals surface area contributed by atoms with Gasteiger partial charge in [0.1, 0.15) is 11.6 Å². The summed E-state index contributed by atoms with van der Waals surface area (Å²) in [7, 11) is 0. The van der Waals surface area contributed by atoms with Crippen molar-refractivity contribution in [1.29, 1.82) is 5.26 Å². The number of aliphatic carboxylic acids is 1. The van der Waals surface area contributed by atoms with Gasteiger partial charge in [0.05, 0.1) is 29.7 Å². The summed E-state index contributed by atoms with van der Waals surface area (Å²) in [4.78, 5) is 42.5. The second-order valence-electron chi connectivity index (χ2n) is 21.6. The van der Waals surface area contributed by atoms with Crippen molar-refractivity contribution in [1.82, 2.24) is 0 Å². The quantitative estimate of drug-likeness (QED) is 0.128. The largest absolute Gasteiger partial charge is 0.586 e. The summed E-state index contributed by atoms with van der Waals surface area (Å²) in [5.74, 6) is -0.786. The Kier molecular flexibility index (Phi) is 11.8. The van der Waals surface area contributed by atoms with Crippen molar-refractivity contribution < 1.29 is 56.0 Å². The molecule has 6 aliphatic rings. The van der Waals surface area contributed by atoms with E-state index in [0.29, 0.717) is 62.4 Å². The Bertz CT molecular complexity index is 2760. The van der Waals surface area contributed by atoms with E-state index in [0.717, 1.165) is 40.9 Å². The Morgan fingerprint density at radius 2 is 1.03 bits per heavy atom. The number of benzene rings is 4. The van der Waals surface area contributed by atoms with Crippen molar-refractivity contribution >= 4 is 28.9 Å². The summed E-state index contributed by atoms with van der Waals surface area (Å²) in [5.41, 5.74) is 6.42. The Morgan fingerprint density at radius 1 is 0.623 bits per heavy atom. The molecule has 0 saturated heterocycles. The lowest BCUT2D eigenvalue weighted by molar-refractivity contribution is -0.287. The lowest BCUT2D eigenvalue weighted by atomic mass is 9.84. The molecule has 0 aromatic heterocycles. The van der Waals surface area contributed by atoms with Crippen LogP contribution in [0.2, 0.25) is 0 Å². The molecule has 2 fully saturated rings. The Labute approximate surface area is 399 Å². The summed E-state index contributed by atoms with van der Waals surface area (Å²) in [6.45, 7) is 14.2. The van der Waals surface area contributed by atoms with Gasteiger partial charge in [-0.15, -0.1) is 17.6 Å². The fourth-order valence-corrected chi connectivity index (χ4v) is 10.8. The molecular weight excluding hydrogens is 895 g/mol. The first-order valence-electron chi connectivity index (χ1n) is 23.6. The normalized spacial score (nSPS) is 21.1. The third-order valence-corrected chi connectivity index (χ3v) is 14.7. The molecule has 2 aliphatic carbocycles. The molecule has 1 N–H and O–H groups in total. The maximum absolute atomic E-state index is 13.4. The number of hydrogen-bond acceptors (Lipinski definition) is 10. The number of halogens is 4. The van der Waals surface area contributed by atoms with E-state index in [1.165, 1.54) is 29.8 Å². The van der Waals surface area contributed by atoms with E-state index >= 15 is 0 Å². The van der Waals surface area contributed by atoms with Crippen LogP contribution in [0.1, 0.15) is 113 Å². The van der Waals surface area contributed by atoms with Gasteiger partial charge in [-0.3, -0.25) is 14.4 Å². The third-order valence-electron chi connectivity index (χ3n) is 14.7. The number of Topliss-reactive ketones (excluding diaryl/α,β-unsaturated/α-hetero) is 2. The number of ether oxygens (including phenoxy) is 4. The maximum atomic E-state index is 13.4. The molecule has 11 nitrogen and oxygen atoms in total. The minimum absolute atomic E-state index is 0.00928. The van der Waals surface area contributed by atoms with E-state index in [4.69, 9.17) is 5.26 Å². The Balaban J connectivity index is 0.000000172. The standard InChI is InChI=1S/C27H28F2N2O3.C27H29F2NO5/c1-25(2,3)23-15-18-13-17(5-7-20(18)31(23)12-4-11-30)14-24(32)26(9-10-26)19-6-8-21-22(16-19)34-27(28,29)33-21;1-25(2,3)22-14-17-12-16(4-6-19(17)30(22)11-8-24(32)33)13-23(31)26(9-10-26)18-5-7-20-21(15-18)35-27(28,29)34-20/h5-8,13,16,23H,4,9-10,12,14-15H2,1-3H3;4-7,12,15,22H,8-11,13-14H2,1-3H3,(H,32,33). The van der Waals surface area contributed by atoms with E-state index in [-0.39, 0.29) is 70.7 Å². The molecule has 4 aromatic carbocycles. The van der Waals surface area contributed by atoms with Crippen LogP contribution in [0.3, 0.4) is 0 Å². The number of carbonyl (C=O) groups excluding carboxylic acids is 2. The molecule has 10 rings (SSSR count). The van der Waals surface area contributed by atoms with Gasteiger partial charge < -0.3 is 33.9 Å². The van der Waals surface area contributed by atoms with Crippen molar-refractivity contribution in [2.24, 2.45) is 10.8 Å². The number of ketones is 2. The summed E-state index contributed by atoms with van der Waals surface area (Å²) in [5, 5.41) is 18.3. The number of rotatable bonds is 13. The zero-order valence-electron chi connectivity index (χ0n) is 39.7. The molecule has 4 aliphatic heterocycles. The number of carboxylic acid groups (broad SMARTS) is 1. The molecule has 15 heteroatoms. The van der Waals surface area contributed by atoms with Gasteiger partial charge in [-0.2, -0.15) is 5.26 Å². The third kappa shape index (κ3) is 9.43. The number of alkyl halides is 4. The molecule has 4 aromatic rings. The highest BCUT2D eigenvalue weighted by atomic mass is 19.3. The molecule has 2 atom stereocenters. The van der Waals surface area contributed by atoms with E-state index < -0.39 is 29.4 Å². The number of nitrogens with zero attached hydrogens (tertiary/aromatic N) is 3. The van der Waals surface area contributed by atoms with Gasteiger partial charge >= 0.3 is 18.6 Å². The van der Waals surface area contributed by atoms with E-state index in [1.54, 1.807) is 12.1 Å². The van der Waals surface area contributed by atoms with Crippen LogP contribution in [0.4, 0.5) is 28.9 Å². The average molecular weight is 952 g/mol. The summed E-state index contributed by atoms with van der Waals surface area (Å²) in [6, 6.07) is 24.2. The molecule has 364 valence electrons. The summed E-state index contributed by atoms with van der Waals surface area (Å²) < 4.78 is 71.8. The molecule has 0 radical (unpaired) electrons. The van der Waals surface area contributed by atoms with Gasteiger partial charge in [-0.25, -0.2) is 0 Å². The molecule has 4 heterocycles. The molecular formula is C54H57F4N3O8. The van der Waals surface area contributed by atoms with Gasteiger partial charge in [-0.1, -0.05) is 77.9 Å². The Hall–Kier alpha value is -6.30. The van der Waals surface area contributed by atoms with Gasteiger partial charge in [0.25, 0.3) is 0 Å². The van der Waals surface area contributed by atoms with E-state index in [2.05, 4.69) is 94.6 Å². The first-order chi connectivity index (χ1) is 32.4. The maximum Gasteiger partial charge on any atom is 0.586 e. The van der Waals surface area contributed by atoms with Crippen LogP contribution in [0.15, 0.2) is 72.8 Å². The van der Waals surface area contributed by atoms with Crippen molar-refractivity contribution in [2.75, 3.05) is 22.9 Å². The fourth-order valence-electron chi connectivity index (χ4n) is 10.8. The number of fused-ring (bicyclic) bond motifs is 4. The van der Waals surface area contributed by atoms with Crippen LogP contribution in [0.5, 0.6) is 23.0 Å². The fraction of sp³-hybridized carbons (Fsp3) is 0.481. The second kappa shape index (κ2) is 17.0. The second-order valence-corrected chi connectivity index (χ2v) is 21.6. The van der Waals surface area contributed by atoms with Crippen LogP contribution in [0.25, 0.3) is 0 Å². The minimum Gasteiger partial charge on any atom is -0.481 e. The van der Waals surface area contributed by atoms with Crippen LogP contribution in [-0.2, 0) is 50.9 Å². The minimum atomic E-state index is -3.69. The van der Waals surface area contributed by atoms with Crippen LogP contribution >= 0.6 is 0 Å². The number of hydrogen-bond donors (Lipinski definition) is 1. The molecule has 0 amide bonds. The Morgan fingerprint density at radius 3 is 1.41 bits per heavy atom. The van der Waals surface area contributed by atoms with E-state index in [9.17, 15) is 37.1 Å². The molecule has 2 saturated carbocycles. The number of carboxylic acids is 1.